The average Bonchev–Trinajstić information content (AvgIpc) is 2.70. The van der Waals surface area contributed by atoms with Crippen LogP contribution in [0.2, 0.25) is 0 Å². The number of nitrogens with one attached hydrogen (secondary N) is 2. The Morgan fingerprint density at radius 3 is 2.41 bits per heavy atom. The molecule has 0 aliphatic carbocycles. The Kier molecular flexibility index (Phi) is 6.29. The van der Waals surface area contributed by atoms with E-state index in [2.05, 4.69) is 10.6 Å². The summed E-state index contributed by atoms with van der Waals surface area (Å²) in [6, 6.07) is 10.6. The van der Waals surface area contributed by atoms with E-state index in [1.807, 2.05) is 0 Å². The van der Waals surface area contributed by atoms with Crippen molar-refractivity contribution in [2.24, 2.45) is 12.8 Å². The van der Waals surface area contributed by atoms with Crippen LogP contribution >= 0.6 is 0 Å². The van der Waals surface area contributed by atoms with Crippen LogP contribution in [0.5, 0.6) is 11.5 Å². The van der Waals surface area contributed by atoms with Crippen LogP contribution in [-0.2, 0) is 11.8 Å². The van der Waals surface area contributed by atoms with Gasteiger partial charge in [-0.15, -0.1) is 0 Å². The highest BCUT2D eigenvalue weighted by molar-refractivity contribution is 6.01. The molecule has 166 valence electrons. The van der Waals surface area contributed by atoms with Crippen LogP contribution in [0.4, 0.5) is 21.6 Å². The molecule has 1 aromatic heterocycles. The molecule has 0 spiro atoms. The van der Waals surface area contributed by atoms with Crippen LogP contribution in [-0.4, -0.2) is 16.4 Å². The first kappa shape index (κ1) is 22.5. The summed E-state index contributed by atoms with van der Waals surface area (Å²) in [7, 11) is 1.43. The van der Waals surface area contributed by atoms with Gasteiger partial charge in [0.1, 0.15) is 28.7 Å². The molecule has 0 aliphatic heterocycles. The zero-order valence-corrected chi connectivity index (χ0v) is 18.1. The van der Waals surface area contributed by atoms with Gasteiger partial charge in [-0.25, -0.2) is 4.39 Å². The van der Waals surface area contributed by atoms with Gasteiger partial charge in [-0.2, -0.15) is 0 Å². The van der Waals surface area contributed by atoms with E-state index in [1.54, 1.807) is 38.1 Å². The molecular formula is C23H23FN4O4. The van der Waals surface area contributed by atoms with Gasteiger partial charge in [-0.05, 0) is 43.7 Å². The fraction of sp³-hybridized carbons (Fsp3) is 0.174. The number of aryl methyl sites for hydroxylation is 1. The summed E-state index contributed by atoms with van der Waals surface area (Å²) in [5.41, 5.74) is 6.85. The summed E-state index contributed by atoms with van der Waals surface area (Å²) in [4.78, 5) is 36.4. The number of halogens is 1. The molecular weight excluding hydrogens is 415 g/mol. The number of amides is 2. The van der Waals surface area contributed by atoms with Crippen molar-refractivity contribution in [2.75, 3.05) is 10.6 Å². The molecule has 8 nitrogen and oxygen atoms in total. The Hall–Kier alpha value is -4.14. The second-order valence-corrected chi connectivity index (χ2v) is 7.31. The monoisotopic (exact) mass is 438 g/mol. The summed E-state index contributed by atoms with van der Waals surface area (Å²) < 4.78 is 21.5. The first-order valence-corrected chi connectivity index (χ1v) is 9.70. The normalized spacial score (nSPS) is 10.5. The molecule has 0 fully saturated rings. The SMILES string of the molecule is CC(=O)Nc1cccc(Oc2cc(=O)n(C)c(Nc3ccc(C)cc3F)c2C(N)=O)c1C. The molecule has 3 aromatic rings. The lowest BCUT2D eigenvalue weighted by Gasteiger charge is -2.19. The van der Waals surface area contributed by atoms with Crippen molar-refractivity contribution in [3.63, 3.8) is 0 Å². The van der Waals surface area contributed by atoms with Crippen molar-refractivity contribution in [2.45, 2.75) is 20.8 Å². The summed E-state index contributed by atoms with van der Waals surface area (Å²) in [5, 5.41) is 5.47. The Balaban J connectivity index is 2.13. The van der Waals surface area contributed by atoms with Gasteiger partial charge in [0.25, 0.3) is 11.5 Å². The van der Waals surface area contributed by atoms with E-state index >= 15 is 0 Å². The Labute approximate surface area is 183 Å². The van der Waals surface area contributed by atoms with Gasteiger partial charge in [0.15, 0.2) is 0 Å². The number of benzene rings is 2. The van der Waals surface area contributed by atoms with Crippen molar-refractivity contribution in [1.29, 1.82) is 0 Å². The third kappa shape index (κ3) is 4.61. The second-order valence-electron chi connectivity index (χ2n) is 7.31. The predicted molar refractivity (Wildman–Crippen MR) is 120 cm³/mol. The number of hydrogen-bond acceptors (Lipinski definition) is 5. The number of carbonyl (C=O) groups excluding carboxylic acids is 2. The predicted octanol–water partition coefficient (Wildman–Crippen LogP) is 3.73. The number of nitrogens with zero attached hydrogens (tertiary/aromatic N) is 1. The molecule has 9 heteroatoms. The first-order chi connectivity index (χ1) is 15.1. The lowest BCUT2D eigenvalue weighted by molar-refractivity contribution is -0.114. The topological polar surface area (TPSA) is 115 Å². The third-order valence-electron chi connectivity index (χ3n) is 4.84. The quantitative estimate of drug-likeness (QED) is 0.542. The molecule has 0 radical (unpaired) electrons. The minimum absolute atomic E-state index is 0.0154. The van der Waals surface area contributed by atoms with E-state index in [9.17, 15) is 18.8 Å². The van der Waals surface area contributed by atoms with Crippen LogP contribution in [0.1, 0.15) is 28.4 Å². The third-order valence-corrected chi connectivity index (χ3v) is 4.84. The lowest BCUT2D eigenvalue weighted by Crippen LogP contribution is -2.25. The van der Waals surface area contributed by atoms with E-state index in [0.29, 0.717) is 22.6 Å². The summed E-state index contributed by atoms with van der Waals surface area (Å²) in [6.07, 6.45) is 0. The minimum Gasteiger partial charge on any atom is -0.456 e. The van der Waals surface area contributed by atoms with Crippen LogP contribution in [0.15, 0.2) is 47.3 Å². The molecule has 0 atom stereocenters. The molecule has 0 saturated heterocycles. The number of carbonyl (C=O) groups is 2. The fourth-order valence-electron chi connectivity index (χ4n) is 3.16. The zero-order chi connectivity index (χ0) is 23.6. The number of aromatic nitrogens is 1. The highest BCUT2D eigenvalue weighted by Crippen LogP contribution is 2.34. The van der Waals surface area contributed by atoms with E-state index in [0.717, 1.165) is 10.6 Å². The van der Waals surface area contributed by atoms with E-state index < -0.39 is 17.3 Å². The minimum atomic E-state index is -0.874. The maximum absolute atomic E-state index is 14.4. The smallest absolute Gasteiger partial charge is 0.256 e. The van der Waals surface area contributed by atoms with Crippen molar-refractivity contribution < 1.29 is 18.7 Å². The molecule has 4 N–H and O–H groups in total. The van der Waals surface area contributed by atoms with Gasteiger partial charge in [0.2, 0.25) is 5.91 Å². The van der Waals surface area contributed by atoms with Crippen LogP contribution in [0, 0.1) is 19.7 Å². The second kappa shape index (κ2) is 8.93. The van der Waals surface area contributed by atoms with Crippen LogP contribution in [0.25, 0.3) is 0 Å². The van der Waals surface area contributed by atoms with Crippen molar-refractivity contribution >= 4 is 29.0 Å². The van der Waals surface area contributed by atoms with Crippen LogP contribution in [0.3, 0.4) is 0 Å². The number of hydrogen-bond donors (Lipinski definition) is 3. The molecule has 1 heterocycles. The van der Waals surface area contributed by atoms with E-state index in [1.165, 1.54) is 26.1 Å². The Bertz CT molecular complexity index is 1280. The van der Waals surface area contributed by atoms with Gasteiger partial charge in [0.05, 0.1) is 5.69 Å². The van der Waals surface area contributed by atoms with E-state index in [-0.39, 0.29) is 28.7 Å². The molecule has 0 aliphatic rings. The first-order valence-electron chi connectivity index (χ1n) is 9.70. The zero-order valence-electron chi connectivity index (χ0n) is 18.1. The molecule has 0 bridgehead atoms. The van der Waals surface area contributed by atoms with Crippen molar-refractivity contribution in [3.05, 3.63) is 75.3 Å². The van der Waals surface area contributed by atoms with Crippen molar-refractivity contribution in [3.8, 4) is 11.5 Å². The van der Waals surface area contributed by atoms with Crippen molar-refractivity contribution in [1.82, 2.24) is 4.57 Å². The Morgan fingerprint density at radius 1 is 1.06 bits per heavy atom. The molecule has 32 heavy (non-hydrogen) atoms. The summed E-state index contributed by atoms with van der Waals surface area (Å²) in [5.74, 6) is -1.50. The maximum atomic E-state index is 14.4. The molecule has 2 aromatic carbocycles. The maximum Gasteiger partial charge on any atom is 0.256 e. The largest absolute Gasteiger partial charge is 0.456 e. The van der Waals surface area contributed by atoms with Gasteiger partial charge in [0, 0.05) is 31.3 Å². The number of pyridine rings is 1. The molecule has 0 unspecified atom stereocenters. The van der Waals surface area contributed by atoms with E-state index in [4.69, 9.17) is 10.5 Å². The average molecular weight is 438 g/mol. The number of ether oxygens (including phenoxy) is 1. The lowest BCUT2D eigenvalue weighted by atomic mass is 10.1. The molecule has 0 saturated carbocycles. The highest BCUT2D eigenvalue weighted by Gasteiger charge is 2.22. The highest BCUT2D eigenvalue weighted by atomic mass is 19.1. The number of primary amides is 1. The van der Waals surface area contributed by atoms with Gasteiger partial charge in [-0.3, -0.25) is 19.0 Å². The summed E-state index contributed by atoms with van der Waals surface area (Å²) in [6.45, 7) is 4.83. The van der Waals surface area contributed by atoms with Crippen LogP contribution < -0.4 is 26.7 Å². The fourth-order valence-corrected chi connectivity index (χ4v) is 3.16. The number of anilines is 3. The number of rotatable bonds is 6. The van der Waals surface area contributed by atoms with Gasteiger partial charge >= 0.3 is 0 Å². The number of nitrogens with two attached hydrogens (primary N) is 1. The Morgan fingerprint density at radius 2 is 1.78 bits per heavy atom. The standard InChI is InChI=1S/C23H23FN4O4/c1-12-8-9-17(15(24)10-12)27-23-21(22(25)31)19(11-20(30)28(23)4)32-18-7-5-6-16(13(18)2)26-14(3)29/h5-11,27H,1-4H3,(H2,25,31)(H,26,29). The summed E-state index contributed by atoms with van der Waals surface area (Å²) >= 11 is 0. The van der Waals surface area contributed by atoms with Gasteiger partial charge in [-0.1, -0.05) is 12.1 Å². The molecule has 3 rings (SSSR count). The molecule has 2 amide bonds. The van der Waals surface area contributed by atoms with Gasteiger partial charge < -0.3 is 21.1 Å².